The number of anilines is 1. The maximum absolute atomic E-state index is 12.9. The van der Waals surface area contributed by atoms with Crippen LogP contribution in [0.2, 0.25) is 0 Å². The highest BCUT2D eigenvalue weighted by molar-refractivity contribution is 5.94. The highest BCUT2D eigenvalue weighted by Crippen LogP contribution is 2.35. The number of rotatable bonds is 1. The van der Waals surface area contributed by atoms with E-state index in [1.807, 2.05) is 32.0 Å². The summed E-state index contributed by atoms with van der Waals surface area (Å²) >= 11 is 0. The molecule has 1 unspecified atom stereocenters. The van der Waals surface area contributed by atoms with E-state index in [9.17, 15) is 9.59 Å². The molecule has 0 radical (unpaired) electrons. The second-order valence-electron chi connectivity index (χ2n) is 6.39. The maximum atomic E-state index is 12.9. The quantitative estimate of drug-likeness (QED) is 0.863. The van der Waals surface area contributed by atoms with Crippen LogP contribution in [0.25, 0.3) is 0 Å². The summed E-state index contributed by atoms with van der Waals surface area (Å²) in [4.78, 5) is 27.5. The van der Waals surface area contributed by atoms with Crippen molar-refractivity contribution in [3.63, 3.8) is 0 Å². The summed E-state index contributed by atoms with van der Waals surface area (Å²) in [7, 11) is 0. The molecule has 0 aromatic heterocycles. The number of nitrogens with zero attached hydrogens (tertiary/aromatic N) is 2. The van der Waals surface area contributed by atoms with Crippen molar-refractivity contribution in [3.05, 3.63) is 23.8 Å². The standard InChI is InChI=1S/C17H22N2O4/c1-11-3-4-15-14(9-11)19(10-12(2)23-15)17(22)18-7-5-13(6-8-18)16(20)21/h3-4,9,12-13H,5-8,10H2,1-2H3,(H,20,21). The van der Waals surface area contributed by atoms with Crippen molar-refractivity contribution in [2.45, 2.75) is 32.8 Å². The number of hydrogen-bond donors (Lipinski definition) is 1. The van der Waals surface area contributed by atoms with Crippen LogP contribution in [0.4, 0.5) is 10.5 Å². The molecule has 2 heterocycles. The first-order valence-electron chi connectivity index (χ1n) is 8.02. The first-order valence-corrected chi connectivity index (χ1v) is 8.02. The fraction of sp³-hybridized carbons (Fsp3) is 0.529. The molecule has 3 rings (SSSR count). The van der Waals surface area contributed by atoms with Gasteiger partial charge in [-0.05, 0) is 44.4 Å². The molecular weight excluding hydrogens is 296 g/mol. The van der Waals surface area contributed by atoms with Crippen LogP contribution in [0.15, 0.2) is 18.2 Å². The van der Waals surface area contributed by atoms with E-state index < -0.39 is 5.97 Å². The molecule has 1 N–H and O–H groups in total. The fourth-order valence-electron chi connectivity index (χ4n) is 3.22. The minimum Gasteiger partial charge on any atom is -0.487 e. The molecule has 2 amide bonds. The second-order valence-corrected chi connectivity index (χ2v) is 6.39. The van der Waals surface area contributed by atoms with Gasteiger partial charge in [-0.15, -0.1) is 0 Å². The van der Waals surface area contributed by atoms with Crippen LogP contribution < -0.4 is 9.64 Å². The van der Waals surface area contributed by atoms with Gasteiger partial charge in [0.15, 0.2) is 0 Å². The molecule has 0 bridgehead atoms. The first kappa shape index (κ1) is 15.6. The monoisotopic (exact) mass is 318 g/mol. The number of carbonyl (C=O) groups excluding carboxylic acids is 1. The highest BCUT2D eigenvalue weighted by atomic mass is 16.5. The third-order valence-electron chi connectivity index (χ3n) is 4.52. The normalized spacial score (nSPS) is 21.6. The zero-order valence-electron chi connectivity index (χ0n) is 13.5. The van der Waals surface area contributed by atoms with E-state index in [4.69, 9.17) is 9.84 Å². The SMILES string of the molecule is Cc1ccc2c(c1)N(C(=O)N1CCC(C(=O)O)CC1)CC(C)O2. The van der Waals surface area contributed by atoms with Crippen LogP contribution >= 0.6 is 0 Å². The molecule has 1 saturated heterocycles. The van der Waals surface area contributed by atoms with Crippen LogP contribution in [0, 0.1) is 12.8 Å². The molecule has 0 aliphatic carbocycles. The van der Waals surface area contributed by atoms with Crippen LogP contribution in [-0.2, 0) is 4.79 Å². The molecule has 1 fully saturated rings. The van der Waals surface area contributed by atoms with E-state index in [-0.39, 0.29) is 18.1 Å². The number of likely N-dealkylation sites (tertiary alicyclic amines) is 1. The number of aryl methyl sites for hydroxylation is 1. The number of carboxylic acids is 1. The Kier molecular flexibility index (Phi) is 4.15. The Bertz CT molecular complexity index is 623. The largest absolute Gasteiger partial charge is 0.487 e. The molecule has 1 aromatic rings. The molecule has 1 atom stereocenters. The smallest absolute Gasteiger partial charge is 0.324 e. The molecule has 0 spiro atoms. The number of fused-ring (bicyclic) bond motifs is 1. The van der Waals surface area contributed by atoms with E-state index in [1.165, 1.54) is 0 Å². The maximum Gasteiger partial charge on any atom is 0.324 e. The zero-order valence-corrected chi connectivity index (χ0v) is 13.5. The average Bonchev–Trinajstić information content (AvgIpc) is 2.54. The van der Waals surface area contributed by atoms with E-state index in [2.05, 4.69) is 0 Å². The van der Waals surface area contributed by atoms with Crippen molar-refractivity contribution in [2.75, 3.05) is 24.5 Å². The highest BCUT2D eigenvalue weighted by Gasteiger charge is 2.33. The van der Waals surface area contributed by atoms with Gasteiger partial charge in [-0.3, -0.25) is 9.69 Å². The molecule has 2 aliphatic rings. The summed E-state index contributed by atoms with van der Waals surface area (Å²) in [5, 5.41) is 9.08. The predicted molar refractivity (Wildman–Crippen MR) is 85.9 cm³/mol. The average molecular weight is 318 g/mol. The number of benzene rings is 1. The Balaban J connectivity index is 1.78. The van der Waals surface area contributed by atoms with Gasteiger partial charge in [0.25, 0.3) is 0 Å². The van der Waals surface area contributed by atoms with Crippen LogP contribution in [-0.4, -0.2) is 47.7 Å². The topological polar surface area (TPSA) is 70.1 Å². The lowest BCUT2D eigenvalue weighted by Gasteiger charge is -2.38. The van der Waals surface area contributed by atoms with Crippen LogP contribution in [0.5, 0.6) is 5.75 Å². The van der Waals surface area contributed by atoms with Gasteiger partial charge in [0.2, 0.25) is 0 Å². The molecular formula is C17H22N2O4. The summed E-state index contributed by atoms with van der Waals surface area (Å²) in [6.07, 6.45) is 0.967. The number of amides is 2. The van der Waals surface area contributed by atoms with Crippen LogP contribution in [0.1, 0.15) is 25.3 Å². The van der Waals surface area contributed by atoms with Crippen molar-refractivity contribution >= 4 is 17.7 Å². The summed E-state index contributed by atoms with van der Waals surface area (Å²) in [6, 6.07) is 5.77. The Morgan fingerprint density at radius 3 is 2.61 bits per heavy atom. The van der Waals surface area contributed by atoms with Crippen LogP contribution in [0.3, 0.4) is 0 Å². The number of piperidine rings is 1. The van der Waals surface area contributed by atoms with E-state index in [0.29, 0.717) is 32.5 Å². The molecule has 124 valence electrons. The first-order chi connectivity index (χ1) is 11.0. The van der Waals surface area contributed by atoms with Crippen molar-refractivity contribution in [1.82, 2.24) is 4.90 Å². The lowest BCUT2D eigenvalue weighted by atomic mass is 9.97. The number of hydrogen-bond acceptors (Lipinski definition) is 3. The number of aliphatic carboxylic acids is 1. The van der Waals surface area contributed by atoms with Gasteiger partial charge in [-0.1, -0.05) is 6.07 Å². The van der Waals surface area contributed by atoms with E-state index >= 15 is 0 Å². The number of carbonyl (C=O) groups is 2. The molecule has 2 aliphatic heterocycles. The summed E-state index contributed by atoms with van der Waals surface area (Å²) in [6.45, 7) is 5.42. The molecule has 6 heteroatoms. The minimum atomic E-state index is -0.766. The lowest BCUT2D eigenvalue weighted by molar-refractivity contribution is -0.143. The van der Waals surface area contributed by atoms with E-state index in [0.717, 1.165) is 17.0 Å². The van der Waals surface area contributed by atoms with Gasteiger partial charge in [-0.25, -0.2) is 4.79 Å². The predicted octanol–water partition coefficient (Wildman–Crippen LogP) is 2.50. The van der Waals surface area contributed by atoms with Gasteiger partial charge >= 0.3 is 12.0 Å². The second kappa shape index (κ2) is 6.10. The third kappa shape index (κ3) is 3.11. The number of ether oxygens (including phenoxy) is 1. The lowest BCUT2D eigenvalue weighted by Crippen LogP contribution is -2.51. The fourth-order valence-corrected chi connectivity index (χ4v) is 3.22. The van der Waals surface area contributed by atoms with Gasteiger partial charge in [0.05, 0.1) is 18.2 Å². The minimum absolute atomic E-state index is 0.0594. The van der Waals surface area contributed by atoms with Gasteiger partial charge < -0.3 is 14.7 Å². The molecule has 6 nitrogen and oxygen atoms in total. The van der Waals surface area contributed by atoms with Gasteiger partial charge in [0.1, 0.15) is 11.9 Å². The Morgan fingerprint density at radius 1 is 1.26 bits per heavy atom. The van der Waals surface area contributed by atoms with Gasteiger partial charge in [0, 0.05) is 13.1 Å². The Morgan fingerprint density at radius 2 is 1.96 bits per heavy atom. The summed E-state index contributed by atoms with van der Waals surface area (Å²) < 4.78 is 5.81. The van der Waals surface area contributed by atoms with Crippen molar-refractivity contribution in [1.29, 1.82) is 0 Å². The van der Waals surface area contributed by atoms with Crippen molar-refractivity contribution in [2.24, 2.45) is 5.92 Å². The van der Waals surface area contributed by atoms with Crippen molar-refractivity contribution < 1.29 is 19.4 Å². The zero-order chi connectivity index (χ0) is 16.6. The number of urea groups is 1. The molecule has 0 saturated carbocycles. The van der Waals surface area contributed by atoms with Crippen molar-refractivity contribution in [3.8, 4) is 5.75 Å². The molecule has 1 aromatic carbocycles. The number of carboxylic acid groups (broad SMARTS) is 1. The van der Waals surface area contributed by atoms with E-state index in [1.54, 1.807) is 9.80 Å². The third-order valence-corrected chi connectivity index (χ3v) is 4.52. The van der Waals surface area contributed by atoms with Gasteiger partial charge in [-0.2, -0.15) is 0 Å². The Labute approximate surface area is 135 Å². The molecule has 23 heavy (non-hydrogen) atoms. The summed E-state index contributed by atoms with van der Waals surface area (Å²) in [5.41, 5.74) is 1.87. The Hall–Kier alpha value is -2.24. The summed E-state index contributed by atoms with van der Waals surface area (Å²) in [5.74, 6) is -0.377.